The second kappa shape index (κ2) is 7.70. The summed E-state index contributed by atoms with van der Waals surface area (Å²) >= 11 is 0. The van der Waals surface area contributed by atoms with Crippen molar-refractivity contribution in [1.82, 2.24) is 0 Å². The molecule has 0 fully saturated rings. The van der Waals surface area contributed by atoms with Crippen LogP contribution in [0.1, 0.15) is 16.1 Å². The van der Waals surface area contributed by atoms with Crippen LogP contribution < -0.4 is 10.7 Å². The first-order valence-electron chi connectivity index (χ1n) is 8.10. The fourth-order valence-corrected chi connectivity index (χ4v) is 2.55. The molecule has 0 saturated heterocycles. The molecule has 1 N–H and O–H groups in total. The van der Waals surface area contributed by atoms with Crippen LogP contribution in [0.2, 0.25) is 0 Å². The number of carbonyl (C=O) groups is 2. The third-order valence-electron chi connectivity index (χ3n) is 3.95. The Kier molecular flexibility index (Phi) is 5.16. The number of esters is 1. The molecule has 142 valence electrons. The highest BCUT2D eigenvalue weighted by molar-refractivity contribution is 5.95. The summed E-state index contributed by atoms with van der Waals surface area (Å²) in [4.78, 5) is 46.5. The van der Waals surface area contributed by atoms with E-state index in [2.05, 4.69) is 5.32 Å². The normalized spacial score (nSPS) is 10.5. The highest BCUT2D eigenvalue weighted by Crippen LogP contribution is 2.24. The van der Waals surface area contributed by atoms with Gasteiger partial charge in [-0.25, -0.2) is 4.79 Å². The van der Waals surface area contributed by atoms with E-state index in [0.717, 1.165) is 6.07 Å². The highest BCUT2D eigenvalue weighted by atomic mass is 16.6. The Morgan fingerprint density at radius 1 is 1.18 bits per heavy atom. The van der Waals surface area contributed by atoms with Crippen molar-refractivity contribution in [2.45, 2.75) is 6.92 Å². The van der Waals surface area contributed by atoms with Gasteiger partial charge in [0.2, 0.25) is 5.76 Å². The van der Waals surface area contributed by atoms with Gasteiger partial charge in [0.1, 0.15) is 5.58 Å². The Morgan fingerprint density at radius 2 is 1.93 bits per heavy atom. The topological polar surface area (TPSA) is 129 Å². The molecule has 0 atom stereocenters. The molecule has 9 heteroatoms. The molecule has 0 aliphatic heterocycles. The first-order valence-corrected chi connectivity index (χ1v) is 8.10. The minimum absolute atomic E-state index is 0.146. The van der Waals surface area contributed by atoms with Crippen LogP contribution in [0.4, 0.5) is 11.4 Å². The summed E-state index contributed by atoms with van der Waals surface area (Å²) < 4.78 is 10.2. The van der Waals surface area contributed by atoms with Crippen molar-refractivity contribution in [3.8, 4) is 0 Å². The van der Waals surface area contributed by atoms with Crippen molar-refractivity contribution in [3.63, 3.8) is 0 Å². The number of nitrogens with one attached hydrogen (secondary N) is 1. The van der Waals surface area contributed by atoms with E-state index in [1.165, 1.54) is 31.2 Å². The number of nitrogens with zero attached hydrogens (tertiary/aromatic N) is 1. The predicted molar refractivity (Wildman–Crippen MR) is 99.2 cm³/mol. The lowest BCUT2D eigenvalue weighted by molar-refractivity contribution is -0.385. The van der Waals surface area contributed by atoms with Gasteiger partial charge in [0.05, 0.1) is 21.6 Å². The maximum atomic E-state index is 12.1. The van der Waals surface area contributed by atoms with Crippen molar-refractivity contribution >= 4 is 34.2 Å². The molecule has 0 aliphatic carbocycles. The summed E-state index contributed by atoms with van der Waals surface area (Å²) in [5.41, 5.74) is 0.164. The van der Waals surface area contributed by atoms with Gasteiger partial charge in [-0.3, -0.25) is 19.7 Å². The van der Waals surface area contributed by atoms with Crippen LogP contribution in [0.5, 0.6) is 0 Å². The van der Waals surface area contributed by atoms with Crippen molar-refractivity contribution in [2.75, 3.05) is 11.9 Å². The summed E-state index contributed by atoms with van der Waals surface area (Å²) in [7, 11) is 0. The van der Waals surface area contributed by atoms with Crippen molar-refractivity contribution in [1.29, 1.82) is 0 Å². The molecule has 0 bridgehead atoms. The Bertz CT molecular complexity index is 1150. The van der Waals surface area contributed by atoms with E-state index in [0.29, 0.717) is 5.39 Å². The van der Waals surface area contributed by atoms with E-state index in [9.17, 15) is 24.5 Å². The maximum Gasteiger partial charge on any atom is 0.374 e. The number of benzene rings is 2. The number of amides is 1. The van der Waals surface area contributed by atoms with E-state index in [-0.39, 0.29) is 28.3 Å². The van der Waals surface area contributed by atoms with Gasteiger partial charge in [-0.15, -0.1) is 0 Å². The van der Waals surface area contributed by atoms with E-state index >= 15 is 0 Å². The molecule has 0 aliphatic rings. The van der Waals surface area contributed by atoms with Gasteiger partial charge >= 0.3 is 5.97 Å². The molecule has 3 rings (SSSR count). The van der Waals surface area contributed by atoms with Gasteiger partial charge in [0.15, 0.2) is 12.0 Å². The third kappa shape index (κ3) is 3.88. The number of ether oxygens (including phenoxy) is 1. The molecule has 0 spiro atoms. The summed E-state index contributed by atoms with van der Waals surface area (Å²) in [6.07, 6.45) is 0. The number of hydrogen-bond acceptors (Lipinski definition) is 7. The minimum Gasteiger partial charge on any atom is -0.450 e. The van der Waals surface area contributed by atoms with E-state index < -0.39 is 28.8 Å². The lowest BCUT2D eigenvalue weighted by Gasteiger charge is -2.09. The predicted octanol–water partition coefficient (Wildman–Crippen LogP) is 2.81. The van der Waals surface area contributed by atoms with Gasteiger partial charge in [-0.2, -0.15) is 0 Å². The second-order valence-electron chi connectivity index (χ2n) is 5.80. The highest BCUT2D eigenvalue weighted by Gasteiger charge is 2.18. The second-order valence-corrected chi connectivity index (χ2v) is 5.80. The molecule has 0 unspecified atom stereocenters. The average molecular weight is 382 g/mol. The number of fused-ring (bicyclic) bond motifs is 1. The SMILES string of the molecule is Cc1c(NC(=O)COC(=O)c2cc(=O)c3ccccc3o2)cccc1[N+](=O)[O-]. The van der Waals surface area contributed by atoms with E-state index in [1.54, 1.807) is 18.2 Å². The molecule has 9 nitrogen and oxygen atoms in total. The maximum absolute atomic E-state index is 12.1. The van der Waals surface area contributed by atoms with E-state index in [4.69, 9.17) is 9.15 Å². The lowest BCUT2D eigenvalue weighted by Crippen LogP contribution is -2.22. The van der Waals surface area contributed by atoms with Gasteiger partial charge in [0, 0.05) is 12.1 Å². The molecule has 1 aromatic heterocycles. The number of nitro benzene ring substituents is 1. The van der Waals surface area contributed by atoms with Gasteiger partial charge in [-0.1, -0.05) is 18.2 Å². The van der Waals surface area contributed by atoms with Crippen LogP contribution in [0.15, 0.2) is 57.7 Å². The molecule has 1 amide bonds. The van der Waals surface area contributed by atoms with Gasteiger partial charge in [0.25, 0.3) is 11.6 Å². The van der Waals surface area contributed by atoms with E-state index in [1.807, 2.05) is 0 Å². The van der Waals surface area contributed by atoms with Crippen LogP contribution in [-0.2, 0) is 9.53 Å². The molecule has 1 heterocycles. The smallest absolute Gasteiger partial charge is 0.374 e. The summed E-state index contributed by atoms with van der Waals surface area (Å²) in [6.45, 7) is 0.834. The fraction of sp³-hybridized carbons (Fsp3) is 0.105. The molecule has 3 aromatic rings. The zero-order valence-corrected chi connectivity index (χ0v) is 14.6. The average Bonchev–Trinajstić information content (AvgIpc) is 2.67. The van der Waals surface area contributed by atoms with Gasteiger partial charge in [-0.05, 0) is 25.1 Å². The Morgan fingerprint density at radius 3 is 2.68 bits per heavy atom. The summed E-state index contributed by atoms with van der Waals surface area (Å²) in [6, 6.07) is 11.6. The number of carbonyl (C=O) groups excluding carboxylic acids is 2. The van der Waals surface area contributed by atoms with Crippen molar-refractivity contribution in [3.05, 3.63) is 80.2 Å². The molecule has 28 heavy (non-hydrogen) atoms. The monoisotopic (exact) mass is 382 g/mol. The van der Waals surface area contributed by atoms with Gasteiger partial charge < -0.3 is 14.5 Å². The minimum atomic E-state index is -0.978. The Balaban J connectivity index is 1.68. The van der Waals surface area contributed by atoms with Crippen molar-refractivity contribution < 1.29 is 23.7 Å². The Hall–Kier alpha value is -4.01. The molecule has 0 saturated carbocycles. The van der Waals surface area contributed by atoms with Crippen LogP contribution in [0.3, 0.4) is 0 Å². The largest absolute Gasteiger partial charge is 0.450 e. The van der Waals surface area contributed by atoms with Crippen LogP contribution >= 0.6 is 0 Å². The molecular formula is C19H14N2O7. The number of nitro groups is 1. The molecule has 2 aromatic carbocycles. The molecular weight excluding hydrogens is 368 g/mol. The standard InChI is InChI=1S/C19H14N2O7/c1-11-13(6-4-7-14(11)21(25)26)20-18(23)10-27-19(24)17-9-15(22)12-5-2-3-8-16(12)28-17/h2-9H,10H2,1H3,(H,20,23). The first-order chi connectivity index (χ1) is 13.4. The lowest BCUT2D eigenvalue weighted by atomic mass is 10.1. The number of anilines is 1. The number of rotatable bonds is 5. The van der Waals surface area contributed by atoms with Crippen LogP contribution in [0.25, 0.3) is 11.0 Å². The van der Waals surface area contributed by atoms with Crippen LogP contribution in [0, 0.1) is 17.0 Å². The summed E-state index contributed by atoms with van der Waals surface area (Å²) in [5, 5.41) is 13.7. The number of hydrogen-bond donors (Lipinski definition) is 1. The Labute approximate surface area is 157 Å². The fourth-order valence-electron chi connectivity index (χ4n) is 2.55. The first kappa shape index (κ1) is 18.8. The molecule has 0 radical (unpaired) electrons. The number of para-hydroxylation sites is 1. The zero-order chi connectivity index (χ0) is 20.3. The summed E-state index contributed by atoms with van der Waals surface area (Å²) in [5.74, 6) is -2.00. The van der Waals surface area contributed by atoms with Crippen molar-refractivity contribution in [2.24, 2.45) is 0 Å². The quantitative estimate of drug-likeness (QED) is 0.408. The zero-order valence-electron chi connectivity index (χ0n) is 14.6. The third-order valence-corrected chi connectivity index (χ3v) is 3.95. The van der Waals surface area contributed by atoms with Crippen LogP contribution in [-0.4, -0.2) is 23.4 Å².